The Balaban J connectivity index is 2.25. The summed E-state index contributed by atoms with van der Waals surface area (Å²) in [7, 11) is 0. The van der Waals surface area contributed by atoms with Gasteiger partial charge in [-0.05, 0) is 41.7 Å². The molecular weight excluding hydrogens is 232 g/mol. The molecule has 0 aliphatic heterocycles. The van der Waals surface area contributed by atoms with Gasteiger partial charge in [-0.1, -0.05) is 45.0 Å². The second kappa shape index (κ2) is 4.96. The number of para-hydroxylation sites is 1. The topological polar surface area (TPSA) is 38.0 Å². The molecule has 19 heavy (non-hydrogen) atoms. The molecule has 0 bridgehead atoms. The Morgan fingerprint density at radius 3 is 2.11 bits per heavy atom. The van der Waals surface area contributed by atoms with Crippen LogP contribution < -0.4 is 11.1 Å². The third kappa shape index (κ3) is 3.08. The Morgan fingerprint density at radius 1 is 0.947 bits per heavy atom. The molecule has 0 aromatic heterocycles. The van der Waals surface area contributed by atoms with Gasteiger partial charge in [0.25, 0.3) is 0 Å². The van der Waals surface area contributed by atoms with Gasteiger partial charge in [-0.15, -0.1) is 0 Å². The lowest BCUT2D eigenvalue weighted by Gasteiger charge is -2.19. The fraction of sp³-hybridized carbons (Fsp3) is 0.294. The van der Waals surface area contributed by atoms with Crippen LogP contribution in [0.4, 0.5) is 17.1 Å². The number of nitrogens with one attached hydrogen (secondary N) is 1. The van der Waals surface area contributed by atoms with Gasteiger partial charge in [0, 0.05) is 5.69 Å². The van der Waals surface area contributed by atoms with E-state index in [0.29, 0.717) is 0 Å². The molecule has 2 rings (SSSR count). The molecule has 2 nitrogen and oxygen atoms in total. The third-order valence-corrected chi connectivity index (χ3v) is 3.33. The minimum absolute atomic E-state index is 0.181. The van der Waals surface area contributed by atoms with Crippen molar-refractivity contribution in [3.8, 4) is 0 Å². The van der Waals surface area contributed by atoms with Gasteiger partial charge in [0.2, 0.25) is 0 Å². The van der Waals surface area contributed by atoms with Crippen LogP contribution in [0.15, 0.2) is 42.5 Å². The predicted molar refractivity (Wildman–Crippen MR) is 84.0 cm³/mol. The first-order valence-electron chi connectivity index (χ1n) is 6.60. The fourth-order valence-electron chi connectivity index (χ4n) is 2.06. The standard InChI is InChI=1S/C17H22N2/c1-12-6-5-7-15(18)16(12)19-14-10-8-13(9-11-14)17(2,3)4/h5-11,19H,18H2,1-4H3. The van der Waals surface area contributed by atoms with Crippen LogP contribution in [0.5, 0.6) is 0 Å². The van der Waals surface area contributed by atoms with Gasteiger partial charge in [-0.3, -0.25) is 0 Å². The number of benzene rings is 2. The minimum atomic E-state index is 0.181. The van der Waals surface area contributed by atoms with Crippen LogP contribution in [0.1, 0.15) is 31.9 Å². The molecule has 2 aromatic rings. The van der Waals surface area contributed by atoms with Gasteiger partial charge < -0.3 is 11.1 Å². The van der Waals surface area contributed by atoms with Gasteiger partial charge >= 0.3 is 0 Å². The molecule has 3 N–H and O–H groups in total. The first-order chi connectivity index (χ1) is 8.88. The van der Waals surface area contributed by atoms with E-state index in [1.54, 1.807) is 0 Å². The van der Waals surface area contributed by atoms with Crippen LogP contribution in [0, 0.1) is 6.92 Å². The van der Waals surface area contributed by atoms with E-state index in [9.17, 15) is 0 Å². The summed E-state index contributed by atoms with van der Waals surface area (Å²) >= 11 is 0. The van der Waals surface area contributed by atoms with E-state index in [1.807, 2.05) is 12.1 Å². The Hall–Kier alpha value is -1.96. The van der Waals surface area contributed by atoms with E-state index in [4.69, 9.17) is 5.73 Å². The van der Waals surface area contributed by atoms with Gasteiger partial charge in [0.1, 0.15) is 0 Å². The molecule has 2 heteroatoms. The lowest BCUT2D eigenvalue weighted by Crippen LogP contribution is -2.10. The molecule has 0 fully saturated rings. The summed E-state index contributed by atoms with van der Waals surface area (Å²) in [6.45, 7) is 8.71. The largest absolute Gasteiger partial charge is 0.397 e. The number of hydrogen-bond donors (Lipinski definition) is 2. The fourth-order valence-corrected chi connectivity index (χ4v) is 2.06. The summed E-state index contributed by atoms with van der Waals surface area (Å²) in [6, 6.07) is 14.5. The molecule has 0 radical (unpaired) electrons. The summed E-state index contributed by atoms with van der Waals surface area (Å²) in [6.07, 6.45) is 0. The minimum Gasteiger partial charge on any atom is -0.397 e. The van der Waals surface area contributed by atoms with Crippen molar-refractivity contribution in [2.75, 3.05) is 11.1 Å². The second-order valence-corrected chi connectivity index (χ2v) is 5.99. The summed E-state index contributed by atoms with van der Waals surface area (Å²) < 4.78 is 0. The van der Waals surface area contributed by atoms with Gasteiger partial charge in [0.15, 0.2) is 0 Å². The number of hydrogen-bond acceptors (Lipinski definition) is 2. The first kappa shape index (κ1) is 13.5. The highest BCUT2D eigenvalue weighted by Crippen LogP contribution is 2.28. The number of aryl methyl sites for hydroxylation is 1. The van der Waals surface area contributed by atoms with Gasteiger partial charge in [0.05, 0.1) is 11.4 Å². The van der Waals surface area contributed by atoms with E-state index >= 15 is 0 Å². The smallest absolute Gasteiger partial charge is 0.0647 e. The molecule has 2 aromatic carbocycles. The highest BCUT2D eigenvalue weighted by atomic mass is 14.9. The molecule has 0 aliphatic rings. The van der Waals surface area contributed by atoms with Crippen molar-refractivity contribution in [2.45, 2.75) is 33.1 Å². The monoisotopic (exact) mass is 254 g/mol. The average molecular weight is 254 g/mol. The van der Waals surface area contributed by atoms with E-state index in [0.717, 1.165) is 22.6 Å². The summed E-state index contributed by atoms with van der Waals surface area (Å²) in [5, 5.41) is 3.39. The number of rotatable bonds is 2. The molecule has 0 unspecified atom stereocenters. The van der Waals surface area contributed by atoms with Crippen molar-refractivity contribution in [3.05, 3.63) is 53.6 Å². The number of nitrogen functional groups attached to an aromatic ring is 1. The van der Waals surface area contributed by atoms with Crippen LogP contribution in [-0.2, 0) is 5.41 Å². The molecule has 0 atom stereocenters. The van der Waals surface area contributed by atoms with E-state index in [1.165, 1.54) is 5.56 Å². The van der Waals surface area contributed by atoms with Crippen molar-refractivity contribution in [2.24, 2.45) is 0 Å². The average Bonchev–Trinajstić information content (AvgIpc) is 2.33. The summed E-state index contributed by atoms with van der Waals surface area (Å²) in [4.78, 5) is 0. The quantitative estimate of drug-likeness (QED) is 0.767. The van der Waals surface area contributed by atoms with E-state index < -0.39 is 0 Å². The SMILES string of the molecule is Cc1cccc(N)c1Nc1ccc(C(C)(C)C)cc1. The summed E-state index contributed by atoms with van der Waals surface area (Å²) in [5.41, 5.74) is 11.5. The van der Waals surface area contributed by atoms with Gasteiger partial charge in [-0.2, -0.15) is 0 Å². The Morgan fingerprint density at radius 2 is 1.58 bits per heavy atom. The number of anilines is 3. The van der Waals surface area contributed by atoms with Gasteiger partial charge in [-0.25, -0.2) is 0 Å². The normalized spacial score (nSPS) is 11.4. The van der Waals surface area contributed by atoms with Crippen LogP contribution in [0.3, 0.4) is 0 Å². The zero-order chi connectivity index (χ0) is 14.0. The maximum atomic E-state index is 6.01. The highest BCUT2D eigenvalue weighted by molar-refractivity contribution is 5.75. The maximum Gasteiger partial charge on any atom is 0.0647 e. The van der Waals surface area contributed by atoms with Crippen molar-refractivity contribution < 1.29 is 0 Å². The molecule has 0 amide bonds. The zero-order valence-corrected chi connectivity index (χ0v) is 12.1. The second-order valence-electron chi connectivity index (χ2n) is 5.99. The Bertz CT molecular complexity index is 543. The lowest BCUT2D eigenvalue weighted by atomic mass is 9.87. The van der Waals surface area contributed by atoms with Crippen LogP contribution in [-0.4, -0.2) is 0 Å². The molecule has 0 aliphatic carbocycles. The summed E-state index contributed by atoms with van der Waals surface area (Å²) in [5.74, 6) is 0. The van der Waals surface area contributed by atoms with Crippen molar-refractivity contribution in [3.63, 3.8) is 0 Å². The molecule has 100 valence electrons. The highest BCUT2D eigenvalue weighted by Gasteiger charge is 2.13. The van der Waals surface area contributed by atoms with Crippen LogP contribution in [0.2, 0.25) is 0 Å². The first-order valence-corrected chi connectivity index (χ1v) is 6.60. The van der Waals surface area contributed by atoms with Crippen LogP contribution >= 0.6 is 0 Å². The Labute approximate surface area is 115 Å². The predicted octanol–water partition coefficient (Wildman–Crippen LogP) is 4.62. The maximum absolute atomic E-state index is 6.01. The molecule has 0 spiro atoms. The van der Waals surface area contributed by atoms with Crippen molar-refractivity contribution in [1.29, 1.82) is 0 Å². The lowest BCUT2D eigenvalue weighted by molar-refractivity contribution is 0.590. The molecular formula is C17H22N2. The van der Waals surface area contributed by atoms with E-state index in [2.05, 4.69) is 63.3 Å². The van der Waals surface area contributed by atoms with Crippen molar-refractivity contribution in [1.82, 2.24) is 0 Å². The van der Waals surface area contributed by atoms with Crippen LogP contribution in [0.25, 0.3) is 0 Å². The molecule has 0 saturated carbocycles. The molecule has 0 heterocycles. The van der Waals surface area contributed by atoms with Crippen molar-refractivity contribution >= 4 is 17.1 Å². The van der Waals surface area contributed by atoms with E-state index in [-0.39, 0.29) is 5.41 Å². The molecule has 0 saturated heterocycles. The Kier molecular flexibility index (Phi) is 3.52. The zero-order valence-electron chi connectivity index (χ0n) is 12.1. The number of nitrogens with two attached hydrogens (primary N) is 1. The third-order valence-electron chi connectivity index (χ3n) is 3.33.